The maximum atomic E-state index is 12.5. The van der Waals surface area contributed by atoms with Crippen LogP contribution in [-0.2, 0) is 4.74 Å². The van der Waals surface area contributed by atoms with Crippen LogP contribution in [0.4, 0.5) is 0 Å². The lowest BCUT2D eigenvalue weighted by Crippen LogP contribution is -2.07. The molecule has 0 fully saturated rings. The van der Waals surface area contributed by atoms with Crippen molar-refractivity contribution in [2.75, 3.05) is 6.61 Å². The van der Waals surface area contributed by atoms with E-state index in [2.05, 4.69) is 21.0 Å². The van der Waals surface area contributed by atoms with Crippen LogP contribution in [0.15, 0.2) is 59.1 Å². The standard InChI is InChI=1S/C19H17BrN2O2/c1-3-24-19(23)17-13(2)22(16-7-5-4-6-8-16)21-18(17)14-9-11-15(20)12-10-14/h4-12H,3H2,1-2H3. The quantitative estimate of drug-likeness (QED) is 0.607. The highest BCUT2D eigenvalue weighted by Gasteiger charge is 2.24. The molecular formula is C19H17BrN2O2. The molecule has 1 aromatic heterocycles. The summed E-state index contributed by atoms with van der Waals surface area (Å²) in [7, 11) is 0. The molecule has 0 aliphatic heterocycles. The van der Waals surface area contributed by atoms with Gasteiger partial charge in [-0.15, -0.1) is 0 Å². The maximum absolute atomic E-state index is 12.5. The van der Waals surface area contributed by atoms with E-state index in [9.17, 15) is 4.79 Å². The van der Waals surface area contributed by atoms with Crippen molar-refractivity contribution in [2.45, 2.75) is 13.8 Å². The molecule has 3 aromatic rings. The second kappa shape index (κ2) is 7.01. The van der Waals surface area contributed by atoms with E-state index in [0.29, 0.717) is 17.9 Å². The number of hydrogen-bond acceptors (Lipinski definition) is 3. The second-order valence-electron chi connectivity index (χ2n) is 5.28. The summed E-state index contributed by atoms with van der Waals surface area (Å²) in [5.41, 5.74) is 3.67. The fraction of sp³-hybridized carbons (Fsp3) is 0.158. The van der Waals surface area contributed by atoms with E-state index in [1.165, 1.54) is 0 Å². The predicted octanol–water partition coefficient (Wildman–Crippen LogP) is 4.79. The molecule has 0 amide bonds. The third kappa shape index (κ3) is 3.12. The van der Waals surface area contributed by atoms with Crippen molar-refractivity contribution in [2.24, 2.45) is 0 Å². The first-order valence-electron chi connectivity index (χ1n) is 7.70. The molecule has 0 unspecified atom stereocenters. The van der Waals surface area contributed by atoms with Crippen LogP contribution in [0.5, 0.6) is 0 Å². The monoisotopic (exact) mass is 384 g/mol. The van der Waals surface area contributed by atoms with Gasteiger partial charge in [0.15, 0.2) is 0 Å². The van der Waals surface area contributed by atoms with Gasteiger partial charge in [0.25, 0.3) is 0 Å². The Balaban J connectivity index is 2.19. The van der Waals surface area contributed by atoms with E-state index in [-0.39, 0.29) is 5.97 Å². The van der Waals surface area contributed by atoms with Gasteiger partial charge in [0.05, 0.1) is 18.0 Å². The van der Waals surface area contributed by atoms with Crippen molar-refractivity contribution in [3.63, 3.8) is 0 Å². The molecule has 24 heavy (non-hydrogen) atoms. The van der Waals surface area contributed by atoms with E-state index in [1.807, 2.05) is 61.5 Å². The minimum absolute atomic E-state index is 0.328. The Morgan fingerprint density at radius 2 is 1.79 bits per heavy atom. The molecule has 5 heteroatoms. The Kier molecular flexibility index (Phi) is 4.81. The maximum Gasteiger partial charge on any atom is 0.342 e. The van der Waals surface area contributed by atoms with Crippen molar-refractivity contribution < 1.29 is 9.53 Å². The van der Waals surface area contributed by atoms with Gasteiger partial charge >= 0.3 is 5.97 Å². The number of rotatable bonds is 4. The number of nitrogens with zero attached hydrogens (tertiary/aromatic N) is 2. The first-order chi connectivity index (χ1) is 11.6. The fourth-order valence-corrected chi connectivity index (χ4v) is 2.84. The summed E-state index contributed by atoms with van der Waals surface area (Å²) in [6, 6.07) is 17.5. The van der Waals surface area contributed by atoms with Crippen molar-refractivity contribution >= 4 is 21.9 Å². The van der Waals surface area contributed by atoms with Crippen molar-refractivity contribution in [1.82, 2.24) is 9.78 Å². The Hall–Kier alpha value is -2.40. The topological polar surface area (TPSA) is 44.1 Å². The molecule has 0 aliphatic carbocycles. The summed E-state index contributed by atoms with van der Waals surface area (Å²) in [5, 5.41) is 4.68. The summed E-state index contributed by atoms with van der Waals surface area (Å²) < 4.78 is 8.00. The molecule has 0 bridgehead atoms. The van der Waals surface area contributed by atoms with Crippen molar-refractivity contribution in [3.05, 3.63) is 70.3 Å². The number of esters is 1. The largest absolute Gasteiger partial charge is 0.462 e. The average Bonchev–Trinajstić information content (AvgIpc) is 2.94. The van der Waals surface area contributed by atoms with Crippen LogP contribution < -0.4 is 0 Å². The van der Waals surface area contributed by atoms with Crippen LogP contribution in [0.3, 0.4) is 0 Å². The molecular weight excluding hydrogens is 368 g/mol. The van der Waals surface area contributed by atoms with Gasteiger partial charge in [0.2, 0.25) is 0 Å². The normalized spacial score (nSPS) is 10.6. The average molecular weight is 385 g/mol. The first kappa shape index (κ1) is 16.5. The molecule has 4 nitrogen and oxygen atoms in total. The Bertz CT molecular complexity index is 855. The number of carbonyl (C=O) groups excluding carboxylic acids is 1. The molecule has 122 valence electrons. The van der Waals surface area contributed by atoms with E-state index >= 15 is 0 Å². The number of carbonyl (C=O) groups is 1. The fourth-order valence-electron chi connectivity index (χ4n) is 2.58. The highest BCUT2D eigenvalue weighted by molar-refractivity contribution is 9.10. The van der Waals surface area contributed by atoms with Gasteiger partial charge in [0, 0.05) is 10.0 Å². The second-order valence-corrected chi connectivity index (χ2v) is 6.20. The summed E-state index contributed by atoms with van der Waals surface area (Å²) in [5.74, 6) is -0.352. The number of benzene rings is 2. The van der Waals surface area contributed by atoms with Crippen molar-refractivity contribution in [3.8, 4) is 16.9 Å². The zero-order chi connectivity index (χ0) is 17.1. The third-order valence-electron chi connectivity index (χ3n) is 3.71. The molecule has 0 aliphatic rings. The Morgan fingerprint density at radius 1 is 1.12 bits per heavy atom. The molecule has 2 aromatic carbocycles. The van der Waals surface area contributed by atoms with E-state index in [4.69, 9.17) is 4.74 Å². The molecule has 1 heterocycles. The lowest BCUT2D eigenvalue weighted by Gasteiger charge is -2.05. The minimum atomic E-state index is -0.352. The Morgan fingerprint density at radius 3 is 2.42 bits per heavy atom. The van der Waals surface area contributed by atoms with Crippen LogP contribution in [0.1, 0.15) is 23.0 Å². The summed E-state index contributed by atoms with van der Waals surface area (Å²) >= 11 is 3.43. The number of aromatic nitrogens is 2. The van der Waals surface area contributed by atoms with Gasteiger partial charge < -0.3 is 4.74 Å². The summed E-state index contributed by atoms with van der Waals surface area (Å²) in [6.07, 6.45) is 0. The number of hydrogen-bond donors (Lipinski definition) is 0. The number of ether oxygens (including phenoxy) is 1. The zero-order valence-electron chi connectivity index (χ0n) is 13.5. The zero-order valence-corrected chi connectivity index (χ0v) is 15.1. The highest BCUT2D eigenvalue weighted by atomic mass is 79.9. The van der Waals surface area contributed by atoms with Gasteiger partial charge in [-0.1, -0.05) is 46.3 Å². The van der Waals surface area contributed by atoms with Crippen LogP contribution in [0, 0.1) is 6.92 Å². The SMILES string of the molecule is CCOC(=O)c1c(-c2ccc(Br)cc2)nn(-c2ccccc2)c1C. The van der Waals surface area contributed by atoms with Gasteiger partial charge in [-0.2, -0.15) is 5.10 Å². The van der Waals surface area contributed by atoms with Crippen LogP contribution in [0.25, 0.3) is 16.9 Å². The molecule has 3 rings (SSSR count). The molecule has 0 N–H and O–H groups in total. The van der Waals surface area contributed by atoms with Crippen molar-refractivity contribution in [1.29, 1.82) is 0 Å². The van der Waals surface area contributed by atoms with Crippen LogP contribution >= 0.6 is 15.9 Å². The lowest BCUT2D eigenvalue weighted by atomic mass is 10.1. The molecule has 0 atom stereocenters. The third-order valence-corrected chi connectivity index (χ3v) is 4.24. The van der Waals surface area contributed by atoms with E-state index in [0.717, 1.165) is 21.4 Å². The van der Waals surface area contributed by atoms with E-state index in [1.54, 1.807) is 11.6 Å². The highest BCUT2D eigenvalue weighted by Crippen LogP contribution is 2.29. The molecule has 0 radical (unpaired) electrons. The molecule has 0 spiro atoms. The summed E-state index contributed by atoms with van der Waals surface area (Å²) in [4.78, 5) is 12.5. The van der Waals surface area contributed by atoms with E-state index < -0.39 is 0 Å². The predicted molar refractivity (Wildman–Crippen MR) is 97.4 cm³/mol. The van der Waals surface area contributed by atoms with Gasteiger partial charge in [-0.3, -0.25) is 0 Å². The lowest BCUT2D eigenvalue weighted by molar-refractivity contribution is 0.0526. The molecule has 0 saturated carbocycles. The van der Waals surface area contributed by atoms with Crippen LogP contribution in [0.2, 0.25) is 0 Å². The number of halogens is 1. The smallest absolute Gasteiger partial charge is 0.342 e. The number of para-hydroxylation sites is 1. The van der Waals surface area contributed by atoms with Gasteiger partial charge in [-0.05, 0) is 38.1 Å². The van der Waals surface area contributed by atoms with Gasteiger partial charge in [-0.25, -0.2) is 9.48 Å². The minimum Gasteiger partial charge on any atom is -0.462 e. The Labute approximate surface area is 149 Å². The molecule has 0 saturated heterocycles. The summed E-state index contributed by atoms with van der Waals surface area (Å²) in [6.45, 7) is 4.01. The van der Waals surface area contributed by atoms with Gasteiger partial charge in [0.1, 0.15) is 11.3 Å². The first-order valence-corrected chi connectivity index (χ1v) is 8.49. The van der Waals surface area contributed by atoms with Crippen LogP contribution in [-0.4, -0.2) is 22.4 Å².